The summed E-state index contributed by atoms with van der Waals surface area (Å²) < 4.78 is 50.7. The van der Waals surface area contributed by atoms with Crippen molar-refractivity contribution >= 4 is 0 Å². The first-order valence-electron chi connectivity index (χ1n) is 9.76. The summed E-state index contributed by atoms with van der Waals surface area (Å²) in [5.74, 6) is 0.248. The molecule has 0 fully saturated rings. The van der Waals surface area contributed by atoms with Crippen LogP contribution in [0, 0.1) is 16.7 Å². The van der Waals surface area contributed by atoms with Gasteiger partial charge in [-0.25, -0.2) is 0 Å². The summed E-state index contributed by atoms with van der Waals surface area (Å²) in [6, 6.07) is 0. The summed E-state index contributed by atoms with van der Waals surface area (Å²) >= 11 is 0. The van der Waals surface area contributed by atoms with E-state index in [2.05, 4.69) is 44.9 Å². The highest BCUT2D eigenvalue weighted by Gasteiger charge is 2.42. The van der Waals surface area contributed by atoms with Crippen molar-refractivity contribution in [3.05, 3.63) is 46.7 Å². The Morgan fingerprint density at radius 1 is 1.31 bits per heavy atom. The molecule has 7 heteroatoms. The highest BCUT2D eigenvalue weighted by atomic mass is 19.4. The molecule has 1 aliphatic carbocycles. The van der Waals surface area contributed by atoms with E-state index < -0.39 is 11.9 Å². The summed E-state index contributed by atoms with van der Waals surface area (Å²) in [4.78, 5) is 4.53. The van der Waals surface area contributed by atoms with Gasteiger partial charge in [-0.2, -0.15) is 18.7 Å². The summed E-state index contributed by atoms with van der Waals surface area (Å²) in [5, 5.41) is 0. The minimum absolute atomic E-state index is 0.0665. The Balaban J connectivity index is 2.30. The summed E-state index contributed by atoms with van der Waals surface area (Å²) in [6.07, 6.45) is 1.12. The van der Waals surface area contributed by atoms with Crippen molar-refractivity contribution in [2.45, 2.75) is 53.6 Å². The van der Waals surface area contributed by atoms with Crippen molar-refractivity contribution in [2.24, 2.45) is 16.7 Å². The standard InChI is InChI=1S/C22H32F3NO3/c1-20(2,3)19-18(28-13-21(19,4)5)15-9-8-14(16(12-15)27-7)10-11-17(29-26-6)22(23,24)25/h9,11-12,14,26H,8,10,13H2,1-7H3/b17-11-. The molecule has 1 unspecified atom stereocenters. The first-order chi connectivity index (χ1) is 13.3. The molecule has 0 aromatic rings. The lowest BCUT2D eigenvalue weighted by molar-refractivity contribution is -0.141. The van der Waals surface area contributed by atoms with Crippen molar-refractivity contribution < 1.29 is 27.5 Å². The molecule has 2 aliphatic rings. The van der Waals surface area contributed by atoms with Gasteiger partial charge < -0.3 is 14.3 Å². The van der Waals surface area contributed by atoms with Crippen LogP contribution in [-0.4, -0.2) is 26.9 Å². The van der Waals surface area contributed by atoms with Crippen LogP contribution in [0.3, 0.4) is 0 Å². The van der Waals surface area contributed by atoms with Gasteiger partial charge in [0.05, 0.1) is 19.5 Å². The number of alkyl halides is 3. The fourth-order valence-electron chi connectivity index (χ4n) is 4.17. The smallest absolute Gasteiger partial charge is 0.451 e. The third-order valence-electron chi connectivity index (χ3n) is 5.13. The van der Waals surface area contributed by atoms with Gasteiger partial charge in [-0.05, 0) is 36.0 Å². The van der Waals surface area contributed by atoms with Gasteiger partial charge in [0, 0.05) is 24.0 Å². The molecule has 0 spiro atoms. The lowest BCUT2D eigenvalue weighted by Crippen LogP contribution is -2.25. The van der Waals surface area contributed by atoms with Crippen LogP contribution in [0.5, 0.6) is 0 Å². The van der Waals surface area contributed by atoms with E-state index in [-0.39, 0.29) is 23.2 Å². The molecular formula is C22H32F3NO3. The average Bonchev–Trinajstić information content (AvgIpc) is 2.93. The summed E-state index contributed by atoms with van der Waals surface area (Å²) in [5.41, 5.74) is 4.11. The molecule has 2 rings (SSSR count). The fraction of sp³-hybridized carbons (Fsp3) is 0.636. The molecular weight excluding hydrogens is 383 g/mol. The number of ether oxygens (including phenoxy) is 2. The predicted octanol–water partition coefficient (Wildman–Crippen LogP) is 5.81. The number of methoxy groups -OCH3 is 1. The van der Waals surface area contributed by atoms with Gasteiger partial charge in [-0.15, -0.1) is 0 Å². The number of hydroxylamine groups is 1. The Labute approximate surface area is 171 Å². The molecule has 1 heterocycles. The maximum Gasteiger partial charge on any atom is 0.451 e. The van der Waals surface area contributed by atoms with Gasteiger partial charge in [0.15, 0.2) is 0 Å². The van der Waals surface area contributed by atoms with Crippen molar-refractivity contribution in [3.63, 3.8) is 0 Å². The SMILES string of the molecule is CNO/C(=C\CC1CC=C(C2=C(C(C)(C)C)C(C)(C)CO2)C=C1OC)C(F)(F)F. The first-order valence-corrected chi connectivity index (χ1v) is 9.76. The van der Waals surface area contributed by atoms with Gasteiger partial charge in [0.25, 0.3) is 0 Å². The zero-order valence-corrected chi connectivity index (χ0v) is 18.3. The van der Waals surface area contributed by atoms with E-state index >= 15 is 0 Å². The van der Waals surface area contributed by atoms with Crippen LogP contribution >= 0.6 is 0 Å². The first kappa shape index (κ1) is 23.4. The van der Waals surface area contributed by atoms with Gasteiger partial charge in [-0.3, -0.25) is 0 Å². The molecule has 1 atom stereocenters. The monoisotopic (exact) mass is 415 g/mol. The maximum atomic E-state index is 13.0. The normalized spacial score (nSPS) is 22.8. The molecule has 0 saturated heterocycles. The van der Waals surface area contributed by atoms with Crippen molar-refractivity contribution in [1.82, 2.24) is 5.48 Å². The van der Waals surface area contributed by atoms with E-state index in [1.54, 1.807) is 7.11 Å². The van der Waals surface area contributed by atoms with Gasteiger partial charge in [0.2, 0.25) is 5.76 Å². The van der Waals surface area contributed by atoms with Gasteiger partial charge in [0.1, 0.15) is 5.76 Å². The van der Waals surface area contributed by atoms with E-state index in [1.807, 2.05) is 12.2 Å². The van der Waals surface area contributed by atoms with E-state index in [4.69, 9.17) is 9.47 Å². The zero-order chi connectivity index (χ0) is 22.0. The highest BCUT2D eigenvalue weighted by molar-refractivity contribution is 5.47. The third kappa shape index (κ3) is 5.38. The quantitative estimate of drug-likeness (QED) is 0.439. The van der Waals surface area contributed by atoms with E-state index in [0.29, 0.717) is 18.8 Å². The lowest BCUT2D eigenvalue weighted by Gasteiger charge is -2.31. The summed E-state index contributed by atoms with van der Waals surface area (Å²) in [7, 11) is 2.83. The second kappa shape index (κ2) is 8.46. The lowest BCUT2D eigenvalue weighted by atomic mass is 9.71. The second-order valence-corrected chi connectivity index (χ2v) is 9.08. The zero-order valence-electron chi connectivity index (χ0n) is 18.3. The Bertz CT molecular complexity index is 737. The molecule has 29 heavy (non-hydrogen) atoms. The van der Waals surface area contributed by atoms with E-state index in [9.17, 15) is 13.2 Å². The van der Waals surface area contributed by atoms with Crippen molar-refractivity contribution in [3.8, 4) is 0 Å². The molecule has 1 aliphatic heterocycles. The number of rotatable bonds is 6. The van der Waals surface area contributed by atoms with E-state index in [0.717, 1.165) is 17.4 Å². The van der Waals surface area contributed by atoms with Crippen LogP contribution in [0.1, 0.15) is 47.5 Å². The Kier molecular flexibility index (Phi) is 6.82. The number of allylic oxidation sites excluding steroid dienone is 5. The number of hydrogen-bond acceptors (Lipinski definition) is 4. The highest BCUT2D eigenvalue weighted by Crippen LogP contribution is 2.49. The molecule has 0 amide bonds. The molecule has 0 saturated carbocycles. The molecule has 0 bridgehead atoms. The molecule has 164 valence electrons. The molecule has 0 radical (unpaired) electrons. The Morgan fingerprint density at radius 2 is 1.97 bits per heavy atom. The van der Waals surface area contributed by atoms with Crippen LogP contribution in [0.25, 0.3) is 0 Å². The average molecular weight is 415 g/mol. The maximum absolute atomic E-state index is 13.0. The minimum atomic E-state index is -4.55. The minimum Gasteiger partial charge on any atom is -0.501 e. The molecule has 0 aromatic carbocycles. The van der Waals surface area contributed by atoms with E-state index in [1.165, 1.54) is 12.6 Å². The number of nitrogens with one attached hydrogen (secondary N) is 1. The van der Waals surface area contributed by atoms with Crippen LogP contribution in [0.2, 0.25) is 0 Å². The fourth-order valence-corrected chi connectivity index (χ4v) is 4.17. The van der Waals surface area contributed by atoms with Crippen LogP contribution in [0.4, 0.5) is 13.2 Å². The van der Waals surface area contributed by atoms with Crippen molar-refractivity contribution in [2.75, 3.05) is 20.8 Å². The number of hydrogen-bond donors (Lipinski definition) is 1. The molecule has 1 N–H and O–H groups in total. The summed E-state index contributed by atoms with van der Waals surface area (Å²) in [6.45, 7) is 11.4. The number of halogens is 3. The second-order valence-electron chi connectivity index (χ2n) is 9.08. The Hall–Kier alpha value is -1.89. The van der Waals surface area contributed by atoms with Gasteiger partial charge >= 0.3 is 6.18 Å². The molecule has 4 nitrogen and oxygen atoms in total. The van der Waals surface area contributed by atoms with Crippen LogP contribution < -0.4 is 5.48 Å². The van der Waals surface area contributed by atoms with Crippen LogP contribution in [-0.2, 0) is 14.3 Å². The third-order valence-corrected chi connectivity index (χ3v) is 5.13. The van der Waals surface area contributed by atoms with Crippen molar-refractivity contribution in [1.29, 1.82) is 0 Å². The van der Waals surface area contributed by atoms with Gasteiger partial charge in [-0.1, -0.05) is 40.7 Å². The van der Waals surface area contributed by atoms with Crippen LogP contribution in [0.15, 0.2) is 46.7 Å². The predicted molar refractivity (Wildman–Crippen MR) is 106 cm³/mol. The largest absolute Gasteiger partial charge is 0.501 e. The molecule has 0 aromatic heterocycles. The topological polar surface area (TPSA) is 39.7 Å². The Morgan fingerprint density at radius 3 is 2.48 bits per heavy atom.